The van der Waals surface area contributed by atoms with Gasteiger partial charge in [0.1, 0.15) is 11.3 Å². The SMILES string of the molecule is Cc1cc(Nc2nc3c(nc4cnccn43)c3ccncc23)ccn1. The molecule has 25 heavy (non-hydrogen) atoms. The van der Waals surface area contributed by atoms with Crippen LogP contribution in [-0.4, -0.2) is 29.3 Å². The number of fused-ring (bicyclic) bond motifs is 5. The van der Waals surface area contributed by atoms with Gasteiger partial charge in [0, 0.05) is 53.1 Å². The third-order valence-electron chi connectivity index (χ3n) is 4.11. The molecule has 5 rings (SSSR count). The predicted molar refractivity (Wildman–Crippen MR) is 95.8 cm³/mol. The van der Waals surface area contributed by atoms with Gasteiger partial charge in [-0.05, 0) is 25.1 Å². The van der Waals surface area contributed by atoms with Crippen molar-refractivity contribution in [3.63, 3.8) is 0 Å². The normalized spacial score (nSPS) is 11.4. The first-order valence-electron chi connectivity index (χ1n) is 7.85. The molecule has 0 radical (unpaired) electrons. The summed E-state index contributed by atoms with van der Waals surface area (Å²) in [6, 6.07) is 5.86. The average Bonchev–Trinajstić information content (AvgIpc) is 3.01. The van der Waals surface area contributed by atoms with Crippen LogP contribution in [0.25, 0.3) is 27.6 Å². The summed E-state index contributed by atoms with van der Waals surface area (Å²) in [7, 11) is 0. The molecule has 5 heterocycles. The monoisotopic (exact) mass is 327 g/mol. The standard InChI is InChI=1S/C18H13N7/c1-11-8-12(2-5-21-11)22-17-14-9-19-4-3-13(14)16-18(24-17)25-7-6-20-10-15(25)23-16/h2-10H,1H3,(H,21,22,24). The van der Waals surface area contributed by atoms with Crippen molar-refractivity contribution in [2.75, 3.05) is 5.32 Å². The molecule has 0 saturated heterocycles. The van der Waals surface area contributed by atoms with Crippen molar-refractivity contribution in [1.82, 2.24) is 29.3 Å². The number of imidazole rings is 1. The molecule has 0 aromatic carbocycles. The molecule has 1 N–H and O–H groups in total. The summed E-state index contributed by atoms with van der Waals surface area (Å²) in [5.74, 6) is 0.736. The van der Waals surface area contributed by atoms with Gasteiger partial charge in [0.2, 0.25) is 0 Å². The van der Waals surface area contributed by atoms with Gasteiger partial charge in [-0.2, -0.15) is 0 Å². The summed E-state index contributed by atoms with van der Waals surface area (Å²) in [5, 5.41) is 5.30. The molecule has 0 fully saturated rings. The molecule has 0 unspecified atom stereocenters. The highest BCUT2D eigenvalue weighted by molar-refractivity contribution is 6.08. The van der Waals surface area contributed by atoms with E-state index in [0.717, 1.165) is 44.8 Å². The van der Waals surface area contributed by atoms with Gasteiger partial charge in [-0.15, -0.1) is 0 Å². The van der Waals surface area contributed by atoms with Crippen molar-refractivity contribution in [1.29, 1.82) is 0 Å². The van der Waals surface area contributed by atoms with Crippen LogP contribution in [0.2, 0.25) is 0 Å². The molecule has 0 amide bonds. The van der Waals surface area contributed by atoms with E-state index in [4.69, 9.17) is 4.98 Å². The Morgan fingerprint density at radius 3 is 2.80 bits per heavy atom. The number of hydrogen-bond donors (Lipinski definition) is 1. The van der Waals surface area contributed by atoms with Crippen molar-refractivity contribution in [3.8, 4) is 0 Å². The Morgan fingerprint density at radius 1 is 0.960 bits per heavy atom. The van der Waals surface area contributed by atoms with Crippen LogP contribution < -0.4 is 5.32 Å². The van der Waals surface area contributed by atoms with Gasteiger partial charge in [-0.25, -0.2) is 9.97 Å². The highest BCUT2D eigenvalue weighted by Gasteiger charge is 2.14. The van der Waals surface area contributed by atoms with E-state index < -0.39 is 0 Å². The number of nitrogens with zero attached hydrogens (tertiary/aromatic N) is 6. The number of aryl methyl sites for hydroxylation is 1. The zero-order valence-corrected chi connectivity index (χ0v) is 13.4. The number of hydrogen-bond acceptors (Lipinski definition) is 6. The number of rotatable bonds is 2. The molecule has 5 aromatic rings. The van der Waals surface area contributed by atoms with Gasteiger partial charge in [0.15, 0.2) is 11.3 Å². The molecule has 0 atom stereocenters. The second-order valence-electron chi connectivity index (χ2n) is 5.78. The fraction of sp³-hybridized carbons (Fsp3) is 0.0556. The minimum atomic E-state index is 0.736. The second kappa shape index (κ2) is 5.20. The number of anilines is 2. The molecule has 0 spiro atoms. The van der Waals surface area contributed by atoms with Crippen molar-refractivity contribution >= 4 is 39.1 Å². The fourth-order valence-electron chi connectivity index (χ4n) is 2.99. The quantitative estimate of drug-likeness (QED) is 0.536. The Hall–Kier alpha value is -3.61. The lowest BCUT2D eigenvalue weighted by molar-refractivity contribution is 1.13. The van der Waals surface area contributed by atoms with Crippen molar-refractivity contribution in [2.45, 2.75) is 6.92 Å². The number of pyridine rings is 3. The van der Waals surface area contributed by atoms with E-state index in [1.165, 1.54) is 0 Å². The van der Waals surface area contributed by atoms with Crippen LogP contribution in [0, 0.1) is 6.92 Å². The summed E-state index contributed by atoms with van der Waals surface area (Å²) in [4.78, 5) is 22.1. The third-order valence-corrected chi connectivity index (χ3v) is 4.11. The van der Waals surface area contributed by atoms with E-state index in [0.29, 0.717) is 0 Å². The summed E-state index contributed by atoms with van der Waals surface area (Å²) in [6.45, 7) is 1.96. The van der Waals surface area contributed by atoms with Crippen LogP contribution in [0.15, 0.2) is 55.4 Å². The van der Waals surface area contributed by atoms with E-state index in [2.05, 4.69) is 25.3 Å². The molecule has 0 saturated carbocycles. The summed E-state index contributed by atoms with van der Waals surface area (Å²) < 4.78 is 1.94. The van der Waals surface area contributed by atoms with Gasteiger partial charge in [0.05, 0.1) is 6.20 Å². The molecule has 5 aromatic heterocycles. The second-order valence-corrected chi connectivity index (χ2v) is 5.78. The zero-order valence-electron chi connectivity index (χ0n) is 13.4. The third kappa shape index (κ3) is 2.17. The molecular weight excluding hydrogens is 314 g/mol. The zero-order chi connectivity index (χ0) is 16.8. The van der Waals surface area contributed by atoms with Gasteiger partial charge in [0.25, 0.3) is 0 Å². The molecular formula is C18H13N7. The number of nitrogens with one attached hydrogen (secondary N) is 1. The maximum atomic E-state index is 4.82. The van der Waals surface area contributed by atoms with Crippen LogP contribution in [0.3, 0.4) is 0 Å². The Bertz CT molecular complexity index is 1240. The molecule has 0 aliphatic rings. The van der Waals surface area contributed by atoms with Crippen LogP contribution >= 0.6 is 0 Å². The largest absolute Gasteiger partial charge is 0.339 e. The fourth-order valence-corrected chi connectivity index (χ4v) is 2.99. The van der Waals surface area contributed by atoms with E-state index in [1.54, 1.807) is 31.0 Å². The van der Waals surface area contributed by atoms with Gasteiger partial charge in [-0.1, -0.05) is 0 Å². The Labute approximate surface area is 142 Å². The van der Waals surface area contributed by atoms with Gasteiger partial charge >= 0.3 is 0 Å². The van der Waals surface area contributed by atoms with Crippen LogP contribution in [0.5, 0.6) is 0 Å². The van der Waals surface area contributed by atoms with Gasteiger partial charge in [-0.3, -0.25) is 19.4 Å². The van der Waals surface area contributed by atoms with Gasteiger partial charge < -0.3 is 5.32 Å². The Balaban J connectivity index is 1.83. The number of aromatic nitrogens is 6. The molecule has 120 valence electrons. The summed E-state index contributed by atoms with van der Waals surface area (Å²) >= 11 is 0. The topological polar surface area (TPSA) is 80.9 Å². The maximum Gasteiger partial charge on any atom is 0.167 e. The van der Waals surface area contributed by atoms with E-state index in [9.17, 15) is 0 Å². The Morgan fingerprint density at radius 2 is 1.88 bits per heavy atom. The lowest BCUT2D eigenvalue weighted by Crippen LogP contribution is -1.98. The first-order chi connectivity index (χ1) is 12.3. The summed E-state index contributed by atoms with van der Waals surface area (Å²) in [6.07, 6.45) is 10.7. The smallest absolute Gasteiger partial charge is 0.167 e. The van der Waals surface area contributed by atoms with E-state index >= 15 is 0 Å². The predicted octanol–water partition coefficient (Wildman–Crippen LogP) is 3.27. The van der Waals surface area contributed by atoms with Crippen molar-refractivity contribution < 1.29 is 0 Å². The highest BCUT2D eigenvalue weighted by Crippen LogP contribution is 2.30. The van der Waals surface area contributed by atoms with Crippen molar-refractivity contribution in [2.24, 2.45) is 0 Å². The Kier molecular flexibility index (Phi) is 2.87. The lowest BCUT2D eigenvalue weighted by Gasteiger charge is -2.09. The summed E-state index contributed by atoms with van der Waals surface area (Å²) in [5.41, 5.74) is 4.25. The molecule has 0 aliphatic heterocycles. The van der Waals surface area contributed by atoms with Crippen LogP contribution in [0.4, 0.5) is 11.5 Å². The minimum Gasteiger partial charge on any atom is -0.339 e. The van der Waals surface area contributed by atoms with Crippen LogP contribution in [0.1, 0.15) is 5.69 Å². The van der Waals surface area contributed by atoms with E-state index in [1.807, 2.05) is 35.7 Å². The van der Waals surface area contributed by atoms with E-state index in [-0.39, 0.29) is 0 Å². The maximum absolute atomic E-state index is 4.82. The minimum absolute atomic E-state index is 0.736. The first kappa shape index (κ1) is 13.8. The average molecular weight is 327 g/mol. The lowest BCUT2D eigenvalue weighted by atomic mass is 10.2. The molecule has 0 aliphatic carbocycles. The highest BCUT2D eigenvalue weighted by atomic mass is 15.1. The van der Waals surface area contributed by atoms with Crippen LogP contribution in [-0.2, 0) is 0 Å². The van der Waals surface area contributed by atoms with Crippen molar-refractivity contribution in [3.05, 3.63) is 61.1 Å². The molecule has 7 nitrogen and oxygen atoms in total. The first-order valence-corrected chi connectivity index (χ1v) is 7.85. The molecule has 7 heteroatoms. The molecule has 0 bridgehead atoms.